The summed E-state index contributed by atoms with van der Waals surface area (Å²) in [6.07, 6.45) is 0.498. The third kappa shape index (κ3) is 3.55. The molecule has 0 unspecified atom stereocenters. The average Bonchev–Trinajstić information content (AvgIpc) is 2.29. The van der Waals surface area contributed by atoms with Gasteiger partial charge in [0.2, 0.25) is 0 Å². The number of carboxylic acids is 1. The Morgan fingerprint density at radius 1 is 1.41 bits per heavy atom. The zero-order chi connectivity index (χ0) is 12.8. The summed E-state index contributed by atoms with van der Waals surface area (Å²) in [6, 6.07) is 3.12. The van der Waals surface area contributed by atoms with Gasteiger partial charge in [-0.3, -0.25) is 4.79 Å². The number of carbonyl (C=O) groups is 1. The highest BCUT2D eigenvalue weighted by molar-refractivity contribution is 5.66. The highest BCUT2D eigenvalue weighted by Crippen LogP contribution is 2.36. The van der Waals surface area contributed by atoms with Crippen LogP contribution in [0.15, 0.2) is 12.1 Å². The molecule has 2 N–H and O–H groups in total. The largest absolute Gasteiger partial charge is 0.508 e. The van der Waals surface area contributed by atoms with Crippen LogP contribution in [0.1, 0.15) is 18.4 Å². The maximum atomic E-state index is 10.3. The first-order valence-electron chi connectivity index (χ1n) is 5.27. The van der Waals surface area contributed by atoms with Crippen LogP contribution in [0.2, 0.25) is 0 Å². The van der Waals surface area contributed by atoms with E-state index in [2.05, 4.69) is 0 Å². The van der Waals surface area contributed by atoms with E-state index in [9.17, 15) is 9.90 Å². The van der Waals surface area contributed by atoms with Gasteiger partial charge in [-0.05, 0) is 25.5 Å². The maximum absolute atomic E-state index is 10.3. The number of benzene rings is 1. The number of aromatic hydroxyl groups is 1. The molecule has 5 nitrogen and oxygen atoms in total. The number of phenols is 1. The van der Waals surface area contributed by atoms with Crippen LogP contribution in [0.5, 0.6) is 17.2 Å². The van der Waals surface area contributed by atoms with Crippen LogP contribution in [-0.2, 0) is 4.79 Å². The molecule has 1 aromatic carbocycles. The molecular formula is C12H16O5. The highest BCUT2D eigenvalue weighted by atomic mass is 16.5. The van der Waals surface area contributed by atoms with Crippen molar-refractivity contribution in [2.24, 2.45) is 0 Å². The molecule has 0 saturated heterocycles. The number of phenolic OH excluding ortho intramolecular Hbond substituents is 1. The van der Waals surface area contributed by atoms with Gasteiger partial charge >= 0.3 is 5.97 Å². The molecule has 1 aromatic rings. The van der Waals surface area contributed by atoms with Crippen LogP contribution >= 0.6 is 0 Å². The van der Waals surface area contributed by atoms with Gasteiger partial charge < -0.3 is 19.7 Å². The molecule has 0 radical (unpaired) electrons. The predicted molar refractivity (Wildman–Crippen MR) is 61.8 cm³/mol. The molecule has 5 heteroatoms. The normalized spacial score (nSPS) is 10.0. The van der Waals surface area contributed by atoms with Gasteiger partial charge in [0.25, 0.3) is 0 Å². The van der Waals surface area contributed by atoms with E-state index in [0.29, 0.717) is 30.1 Å². The summed E-state index contributed by atoms with van der Waals surface area (Å²) in [5.41, 5.74) is 0.600. The van der Waals surface area contributed by atoms with E-state index in [0.717, 1.165) is 0 Å². The number of carboxylic acid groups (broad SMARTS) is 1. The summed E-state index contributed by atoms with van der Waals surface area (Å²) in [4.78, 5) is 10.3. The molecule has 1 rings (SSSR count). The van der Waals surface area contributed by atoms with Gasteiger partial charge in [0.05, 0.1) is 13.7 Å². The molecule has 0 heterocycles. The summed E-state index contributed by atoms with van der Waals surface area (Å²) in [5.74, 6) is 0.274. The third-order valence-electron chi connectivity index (χ3n) is 2.34. The van der Waals surface area contributed by atoms with Crippen molar-refractivity contribution in [2.45, 2.75) is 19.8 Å². The fourth-order valence-electron chi connectivity index (χ4n) is 1.43. The van der Waals surface area contributed by atoms with E-state index in [1.165, 1.54) is 13.2 Å². The molecule has 94 valence electrons. The van der Waals surface area contributed by atoms with E-state index in [1.807, 2.05) is 0 Å². The highest BCUT2D eigenvalue weighted by Gasteiger charge is 2.11. The number of ether oxygens (including phenoxy) is 2. The van der Waals surface area contributed by atoms with Crippen molar-refractivity contribution in [3.05, 3.63) is 17.7 Å². The topological polar surface area (TPSA) is 76.0 Å². The molecule has 0 amide bonds. The lowest BCUT2D eigenvalue weighted by Crippen LogP contribution is -2.03. The van der Waals surface area contributed by atoms with Crippen molar-refractivity contribution in [1.29, 1.82) is 0 Å². The van der Waals surface area contributed by atoms with Crippen molar-refractivity contribution in [3.63, 3.8) is 0 Å². The van der Waals surface area contributed by atoms with Gasteiger partial charge in [0.15, 0.2) is 11.5 Å². The molecule has 0 aliphatic rings. The zero-order valence-electron chi connectivity index (χ0n) is 9.90. The van der Waals surface area contributed by atoms with Gasteiger partial charge in [-0.1, -0.05) is 0 Å². The predicted octanol–water partition coefficient (Wildman–Crippen LogP) is 1.95. The summed E-state index contributed by atoms with van der Waals surface area (Å²) >= 11 is 0. The van der Waals surface area contributed by atoms with Crippen molar-refractivity contribution in [3.8, 4) is 17.2 Å². The van der Waals surface area contributed by atoms with Crippen LogP contribution in [0.25, 0.3) is 0 Å². The first kappa shape index (κ1) is 13.2. The molecular weight excluding hydrogens is 224 g/mol. The molecule has 0 aliphatic heterocycles. The molecule has 0 saturated carbocycles. The molecule has 0 aromatic heterocycles. The Bertz CT molecular complexity index is 400. The minimum absolute atomic E-state index is 0.0688. The Labute approximate surface area is 99.6 Å². The Kier molecular flexibility index (Phi) is 4.63. The van der Waals surface area contributed by atoms with E-state index in [-0.39, 0.29) is 12.2 Å². The fourth-order valence-corrected chi connectivity index (χ4v) is 1.43. The summed E-state index contributed by atoms with van der Waals surface area (Å²) in [5, 5.41) is 18.0. The standard InChI is InChI=1S/C12H16O5/c1-8-9(13)5-6-10(12(8)16-2)17-7-3-4-11(14)15/h5-6,13H,3-4,7H2,1-2H3,(H,14,15). The first-order chi connectivity index (χ1) is 8.06. The van der Waals surface area contributed by atoms with Crippen molar-refractivity contribution in [1.82, 2.24) is 0 Å². The van der Waals surface area contributed by atoms with Crippen LogP contribution in [0, 0.1) is 6.92 Å². The third-order valence-corrected chi connectivity index (χ3v) is 2.34. The smallest absolute Gasteiger partial charge is 0.303 e. The van der Waals surface area contributed by atoms with Crippen LogP contribution < -0.4 is 9.47 Å². The first-order valence-corrected chi connectivity index (χ1v) is 5.27. The van der Waals surface area contributed by atoms with E-state index in [1.54, 1.807) is 13.0 Å². The van der Waals surface area contributed by atoms with Crippen molar-refractivity contribution in [2.75, 3.05) is 13.7 Å². The Morgan fingerprint density at radius 3 is 2.71 bits per heavy atom. The van der Waals surface area contributed by atoms with Crippen LogP contribution in [0.3, 0.4) is 0 Å². The summed E-state index contributed by atoms with van der Waals surface area (Å²) < 4.78 is 10.5. The van der Waals surface area contributed by atoms with Crippen LogP contribution in [-0.4, -0.2) is 29.9 Å². The van der Waals surface area contributed by atoms with Crippen molar-refractivity contribution >= 4 is 5.97 Å². The molecule has 0 spiro atoms. The lowest BCUT2D eigenvalue weighted by Gasteiger charge is -2.13. The molecule has 17 heavy (non-hydrogen) atoms. The summed E-state index contributed by atoms with van der Waals surface area (Å²) in [7, 11) is 1.49. The second kappa shape index (κ2) is 5.98. The van der Waals surface area contributed by atoms with Crippen LogP contribution in [0.4, 0.5) is 0 Å². The molecule has 0 bridgehead atoms. The molecule has 0 aliphatic carbocycles. The van der Waals surface area contributed by atoms with Gasteiger partial charge in [0, 0.05) is 12.0 Å². The Balaban J connectivity index is 2.65. The van der Waals surface area contributed by atoms with Gasteiger partial charge in [-0.15, -0.1) is 0 Å². The number of hydrogen-bond acceptors (Lipinski definition) is 4. The minimum Gasteiger partial charge on any atom is -0.508 e. The second-order valence-corrected chi connectivity index (χ2v) is 3.59. The lowest BCUT2D eigenvalue weighted by atomic mass is 10.2. The van der Waals surface area contributed by atoms with Gasteiger partial charge in [0.1, 0.15) is 5.75 Å². The van der Waals surface area contributed by atoms with E-state index >= 15 is 0 Å². The SMILES string of the molecule is COc1c(OCCCC(=O)O)ccc(O)c1C. The number of aliphatic carboxylic acids is 1. The minimum atomic E-state index is -0.845. The van der Waals surface area contributed by atoms with Gasteiger partial charge in [-0.25, -0.2) is 0 Å². The summed E-state index contributed by atoms with van der Waals surface area (Å²) in [6.45, 7) is 2.02. The monoisotopic (exact) mass is 240 g/mol. The quantitative estimate of drug-likeness (QED) is 0.743. The molecule has 0 fully saturated rings. The Morgan fingerprint density at radius 2 is 2.12 bits per heavy atom. The van der Waals surface area contributed by atoms with E-state index in [4.69, 9.17) is 14.6 Å². The van der Waals surface area contributed by atoms with Gasteiger partial charge in [-0.2, -0.15) is 0 Å². The fraction of sp³-hybridized carbons (Fsp3) is 0.417. The maximum Gasteiger partial charge on any atom is 0.303 e. The van der Waals surface area contributed by atoms with Crippen molar-refractivity contribution < 1.29 is 24.5 Å². The zero-order valence-corrected chi connectivity index (χ0v) is 9.90. The number of rotatable bonds is 6. The number of hydrogen-bond donors (Lipinski definition) is 2. The number of methoxy groups -OCH3 is 1. The van der Waals surface area contributed by atoms with E-state index < -0.39 is 5.97 Å². The Hall–Kier alpha value is -1.91. The lowest BCUT2D eigenvalue weighted by molar-refractivity contribution is -0.137. The average molecular weight is 240 g/mol. The second-order valence-electron chi connectivity index (χ2n) is 3.59. The molecule has 0 atom stereocenters.